The molecule has 2 aromatic rings. The molecule has 0 unspecified atom stereocenters. The summed E-state index contributed by atoms with van der Waals surface area (Å²) in [6.07, 6.45) is 6.71. The molecule has 1 saturated carbocycles. The monoisotopic (exact) mass is 314 g/mol. The Morgan fingerprint density at radius 1 is 1.26 bits per heavy atom. The average Bonchev–Trinajstić information content (AvgIpc) is 3.25. The van der Waals surface area contributed by atoms with E-state index in [-0.39, 0.29) is 12.5 Å². The highest BCUT2D eigenvalue weighted by Crippen LogP contribution is 2.22. The van der Waals surface area contributed by atoms with Crippen molar-refractivity contribution < 1.29 is 13.9 Å². The Bertz CT molecular complexity index is 643. The van der Waals surface area contributed by atoms with E-state index < -0.39 is 0 Å². The smallest absolute Gasteiger partial charge is 0.258 e. The van der Waals surface area contributed by atoms with Crippen molar-refractivity contribution in [2.45, 2.75) is 44.9 Å². The van der Waals surface area contributed by atoms with Crippen LogP contribution in [0.3, 0.4) is 0 Å². The van der Waals surface area contributed by atoms with Gasteiger partial charge in [0.25, 0.3) is 5.91 Å². The molecular weight excluding hydrogens is 292 g/mol. The molecule has 5 heteroatoms. The standard InChI is InChI=1S/C18H22N2O3/c19-10-17-9-14(12-23-17)18(21)20-15-7-5-13(6-8-15)11-22-16-3-1-2-4-16/h5-9,12,16H,1-4,10-11,19H2,(H,20,21). The van der Waals surface area contributed by atoms with Crippen molar-refractivity contribution in [1.82, 2.24) is 0 Å². The Labute approximate surface area is 135 Å². The van der Waals surface area contributed by atoms with Gasteiger partial charge in [-0.15, -0.1) is 0 Å². The Kier molecular flexibility index (Phi) is 5.10. The summed E-state index contributed by atoms with van der Waals surface area (Å²) < 4.78 is 11.1. The van der Waals surface area contributed by atoms with E-state index in [4.69, 9.17) is 14.9 Å². The van der Waals surface area contributed by atoms with Gasteiger partial charge in [0, 0.05) is 5.69 Å². The lowest BCUT2D eigenvalue weighted by atomic mass is 10.2. The normalized spacial score (nSPS) is 15.0. The van der Waals surface area contributed by atoms with Crippen molar-refractivity contribution in [3.8, 4) is 0 Å². The van der Waals surface area contributed by atoms with Crippen LogP contribution in [0.4, 0.5) is 5.69 Å². The van der Waals surface area contributed by atoms with Crippen LogP contribution in [0.25, 0.3) is 0 Å². The molecule has 5 nitrogen and oxygen atoms in total. The SMILES string of the molecule is NCc1cc(C(=O)Nc2ccc(COC3CCCC3)cc2)co1. The van der Waals surface area contributed by atoms with Gasteiger partial charge in [-0.2, -0.15) is 0 Å². The van der Waals surface area contributed by atoms with Gasteiger partial charge in [0.2, 0.25) is 0 Å². The molecule has 1 aromatic heterocycles. The van der Waals surface area contributed by atoms with E-state index in [0.29, 0.717) is 24.0 Å². The molecule has 0 bridgehead atoms. The number of amides is 1. The predicted molar refractivity (Wildman–Crippen MR) is 88.0 cm³/mol. The van der Waals surface area contributed by atoms with Gasteiger partial charge in [-0.05, 0) is 36.6 Å². The topological polar surface area (TPSA) is 77.5 Å². The number of hydrogen-bond acceptors (Lipinski definition) is 4. The summed E-state index contributed by atoms with van der Waals surface area (Å²) in [4.78, 5) is 12.1. The fourth-order valence-electron chi connectivity index (χ4n) is 2.76. The zero-order valence-corrected chi connectivity index (χ0v) is 13.1. The second-order valence-electron chi connectivity index (χ2n) is 5.87. The lowest BCUT2D eigenvalue weighted by Crippen LogP contribution is -2.11. The van der Waals surface area contributed by atoms with Gasteiger partial charge in [0.1, 0.15) is 12.0 Å². The predicted octanol–water partition coefficient (Wildman–Crippen LogP) is 3.45. The molecule has 122 valence electrons. The van der Waals surface area contributed by atoms with Crippen molar-refractivity contribution in [3.05, 3.63) is 53.5 Å². The van der Waals surface area contributed by atoms with Crippen molar-refractivity contribution >= 4 is 11.6 Å². The minimum Gasteiger partial charge on any atom is -0.467 e. The lowest BCUT2D eigenvalue weighted by molar-refractivity contribution is 0.0457. The number of benzene rings is 1. The van der Waals surface area contributed by atoms with Crippen LogP contribution in [-0.4, -0.2) is 12.0 Å². The maximum Gasteiger partial charge on any atom is 0.258 e. The number of furan rings is 1. The molecule has 1 fully saturated rings. The molecule has 0 saturated heterocycles. The first-order chi connectivity index (χ1) is 11.2. The molecule has 0 radical (unpaired) electrons. The molecule has 3 rings (SSSR count). The second kappa shape index (κ2) is 7.44. The van der Waals surface area contributed by atoms with Crippen LogP contribution in [0.2, 0.25) is 0 Å². The molecule has 0 atom stereocenters. The summed E-state index contributed by atoms with van der Waals surface area (Å²) in [5.41, 5.74) is 7.80. The van der Waals surface area contributed by atoms with E-state index in [1.165, 1.54) is 31.9 Å². The molecule has 1 aromatic carbocycles. The van der Waals surface area contributed by atoms with Crippen LogP contribution in [0, 0.1) is 0 Å². The maximum atomic E-state index is 12.1. The zero-order valence-electron chi connectivity index (χ0n) is 13.1. The van der Waals surface area contributed by atoms with Gasteiger partial charge in [0.05, 0.1) is 24.8 Å². The number of nitrogens with one attached hydrogen (secondary N) is 1. The average molecular weight is 314 g/mol. The van der Waals surface area contributed by atoms with Gasteiger partial charge in [-0.25, -0.2) is 0 Å². The van der Waals surface area contributed by atoms with E-state index in [1.54, 1.807) is 6.07 Å². The molecule has 0 aliphatic heterocycles. The molecule has 23 heavy (non-hydrogen) atoms. The number of nitrogens with two attached hydrogens (primary N) is 1. The third-order valence-electron chi connectivity index (χ3n) is 4.12. The van der Waals surface area contributed by atoms with Crippen molar-refractivity contribution in [2.75, 3.05) is 5.32 Å². The first-order valence-electron chi connectivity index (χ1n) is 8.04. The minimum absolute atomic E-state index is 0.205. The van der Waals surface area contributed by atoms with Crippen LogP contribution in [0.1, 0.15) is 47.4 Å². The molecular formula is C18H22N2O3. The fraction of sp³-hybridized carbons (Fsp3) is 0.389. The summed E-state index contributed by atoms with van der Waals surface area (Å²) >= 11 is 0. The Morgan fingerprint density at radius 2 is 2.00 bits per heavy atom. The van der Waals surface area contributed by atoms with Crippen molar-refractivity contribution in [2.24, 2.45) is 5.73 Å². The lowest BCUT2D eigenvalue weighted by Gasteiger charge is -2.11. The molecule has 1 heterocycles. The molecule has 3 N–H and O–H groups in total. The summed E-state index contributed by atoms with van der Waals surface area (Å²) in [6.45, 7) is 0.906. The highest BCUT2D eigenvalue weighted by molar-refractivity contribution is 6.04. The quantitative estimate of drug-likeness (QED) is 0.856. The number of carbonyl (C=O) groups is 1. The first kappa shape index (κ1) is 15.8. The Hall–Kier alpha value is -2.11. The molecule has 1 aliphatic rings. The highest BCUT2D eigenvalue weighted by atomic mass is 16.5. The third-order valence-corrected chi connectivity index (χ3v) is 4.12. The Morgan fingerprint density at radius 3 is 2.65 bits per heavy atom. The summed E-state index contributed by atoms with van der Waals surface area (Å²) in [5, 5.41) is 2.84. The second-order valence-corrected chi connectivity index (χ2v) is 5.87. The van der Waals surface area contributed by atoms with Crippen molar-refractivity contribution in [3.63, 3.8) is 0 Å². The van der Waals surface area contributed by atoms with Gasteiger partial charge in [-0.3, -0.25) is 4.79 Å². The Balaban J connectivity index is 1.53. The molecule has 1 aliphatic carbocycles. The molecule has 0 spiro atoms. The van der Waals surface area contributed by atoms with Gasteiger partial charge in [0.15, 0.2) is 0 Å². The van der Waals surface area contributed by atoms with Crippen LogP contribution in [0.15, 0.2) is 41.0 Å². The van der Waals surface area contributed by atoms with Crippen LogP contribution in [0.5, 0.6) is 0 Å². The van der Waals surface area contributed by atoms with E-state index in [9.17, 15) is 4.79 Å². The summed E-state index contributed by atoms with van der Waals surface area (Å²) in [7, 11) is 0. The minimum atomic E-state index is -0.205. The van der Waals surface area contributed by atoms with Gasteiger partial charge >= 0.3 is 0 Å². The number of carbonyl (C=O) groups excluding carboxylic acids is 1. The largest absolute Gasteiger partial charge is 0.467 e. The van der Waals surface area contributed by atoms with E-state index >= 15 is 0 Å². The number of anilines is 1. The number of rotatable bonds is 6. The van der Waals surface area contributed by atoms with Gasteiger partial charge < -0.3 is 20.2 Å². The van der Waals surface area contributed by atoms with Gasteiger partial charge in [-0.1, -0.05) is 25.0 Å². The fourth-order valence-corrected chi connectivity index (χ4v) is 2.76. The number of ether oxygens (including phenoxy) is 1. The number of hydrogen-bond donors (Lipinski definition) is 2. The van der Waals surface area contributed by atoms with Crippen molar-refractivity contribution in [1.29, 1.82) is 0 Å². The van der Waals surface area contributed by atoms with Crippen LogP contribution in [-0.2, 0) is 17.9 Å². The summed E-state index contributed by atoms with van der Waals surface area (Å²) in [6, 6.07) is 9.37. The van der Waals surface area contributed by atoms with Crippen LogP contribution >= 0.6 is 0 Å². The first-order valence-corrected chi connectivity index (χ1v) is 8.04. The third kappa shape index (κ3) is 4.21. The highest BCUT2D eigenvalue weighted by Gasteiger charge is 2.15. The van der Waals surface area contributed by atoms with E-state index in [0.717, 1.165) is 11.3 Å². The molecule has 1 amide bonds. The summed E-state index contributed by atoms with van der Waals surface area (Å²) in [5.74, 6) is 0.387. The zero-order chi connectivity index (χ0) is 16.1. The van der Waals surface area contributed by atoms with Crippen LogP contribution < -0.4 is 11.1 Å². The van der Waals surface area contributed by atoms with E-state index in [2.05, 4.69) is 5.32 Å². The maximum absolute atomic E-state index is 12.1. The van der Waals surface area contributed by atoms with E-state index in [1.807, 2.05) is 24.3 Å².